The van der Waals surface area contributed by atoms with Crippen LogP contribution < -0.4 is 0 Å². The van der Waals surface area contributed by atoms with Crippen LogP contribution in [0.2, 0.25) is 0 Å². The molecule has 0 radical (unpaired) electrons. The first kappa shape index (κ1) is 6.95. The number of hydrogen-bond donors (Lipinski definition) is 1. The summed E-state index contributed by atoms with van der Waals surface area (Å²) in [7, 11) is 0. The first-order valence-electron chi connectivity index (χ1n) is 3.02. The van der Waals surface area contributed by atoms with Crippen molar-refractivity contribution in [3.63, 3.8) is 0 Å². The predicted molar refractivity (Wildman–Crippen MR) is 28.4 cm³/mol. The van der Waals surface area contributed by atoms with Gasteiger partial charge in [0.05, 0.1) is 0 Å². The minimum atomic E-state index is -0.372. The molecule has 1 rings (SSSR count). The molecule has 0 spiro atoms. The second-order valence-corrected chi connectivity index (χ2v) is 1.97. The third-order valence-electron chi connectivity index (χ3n) is 1.29. The van der Waals surface area contributed by atoms with E-state index in [0.717, 1.165) is 19.3 Å². The standard InChI is InChI=1S/C5H10O4/c6-9-8-5-3-1-2-4-7-5/h5-6H,1-4H2. The molecule has 0 aromatic carbocycles. The minimum Gasteiger partial charge on any atom is -0.350 e. The van der Waals surface area contributed by atoms with E-state index in [-0.39, 0.29) is 6.29 Å². The Labute approximate surface area is 53.2 Å². The van der Waals surface area contributed by atoms with Crippen LogP contribution in [0.1, 0.15) is 19.3 Å². The van der Waals surface area contributed by atoms with Crippen molar-refractivity contribution in [3.05, 3.63) is 0 Å². The number of ether oxygens (including phenoxy) is 1. The lowest BCUT2D eigenvalue weighted by atomic mass is 10.2. The van der Waals surface area contributed by atoms with E-state index < -0.39 is 0 Å². The van der Waals surface area contributed by atoms with Crippen molar-refractivity contribution in [3.8, 4) is 0 Å². The smallest absolute Gasteiger partial charge is 0.194 e. The second kappa shape index (κ2) is 3.79. The molecule has 0 aromatic heterocycles. The molecule has 1 saturated heterocycles. The number of rotatable bonds is 2. The molecular weight excluding hydrogens is 124 g/mol. The SMILES string of the molecule is OOOC1CCCCO1. The Kier molecular flexibility index (Phi) is 2.93. The summed E-state index contributed by atoms with van der Waals surface area (Å²) in [6.45, 7) is 0.689. The minimum absolute atomic E-state index is 0.372. The van der Waals surface area contributed by atoms with Crippen molar-refractivity contribution in [2.75, 3.05) is 6.61 Å². The van der Waals surface area contributed by atoms with Crippen LogP contribution in [0.5, 0.6) is 0 Å². The summed E-state index contributed by atoms with van der Waals surface area (Å²) in [4.78, 5) is 4.32. The van der Waals surface area contributed by atoms with Crippen molar-refractivity contribution in [2.45, 2.75) is 25.6 Å². The third-order valence-corrected chi connectivity index (χ3v) is 1.29. The molecule has 4 heteroatoms. The highest BCUT2D eigenvalue weighted by Gasteiger charge is 2.14. The van der Waals surface area contributed by atoms with Gasteiger partial charge in [0, 0.05) is 13.0 Å². The Morgan fingerprint density at radius 3 is 2.89 bits per heavy atom. The summed E-state index contributed by atoms with van der Waals surface area (Å²) >= 11 is 0. The molecule has 4 nitrogen and oxygen atoms in total. The van der Waals surface area contributed by atoms with Gasteiger partial charge in [-0.25, -0.2) is 5.26 Å². The fourth-order valence-electron chi connectivity index (χ4n) is 0.835. The molecule has 1 atom stereocenters. The van der Waals surface area contributed by atoms with Crippen LogP contribution >= 0.6 is 0 Å². The zero-order valence-electron chi connectivity index (χ0n) is 5.08. The number of hydrogen-bond acceptors (Lipinski definition) is 4. The summed E-state index contributed by atoms with van der Waals surface area (Å²) in [5.74, 6) is 0. The van der Waals surface area contributed by atoms with Gasteiger partial charge in [-0.15, -0.1) is 0 Å². The molecule has 0 bridgehead atoms. The molecule has 0 saturated carbocycles. The van der Waals surface area contributed by atoms with E-state index in [9.17, 15) is 0 Å². The van der Waals surface area contributed by atoms with Gasteiger partial charge in [0.2, 0.25) is 0 Å². The Morgan fingerprint density at radius 1 is 1.44 bits per heavy atom. The average molecular weight is 134 g/mol. The molecule has 54 valence electrons. The highest BCUT2D eigenvalue weighted by molar-refractivity contribution is 4.51. The molecule has 1 fully saturated rings. The largest absolute Gasteiger partial charge is 0.350 e. The monoisotopic (exact) mass is 134 g/mol. The summed E-state index contributed by atoms with van der Waals surface area (Å²) in [6.07, 6.45) is 2.55. The van der Waals surface area contributed by atoms with Crippen molar-refractivity contribution < 1.29 is 19.9 Å². The molecule has 0 aliphatic carbocycles. The van der Waals surface area contributed by atoms with Crippen molar-refractivity contribution in [1.82, 2.24) is 0 Å². The summed E-state index contributed by atoms with van der Waals surface area (Å²) < 4.78 is 5.01. The van der Waals surface area contributed by atoms with Crippen LogP contribution in [0.25, 0.3) is 0 Å². The summed E-state index contributed by atoms with van der Waals surface area (Å²) in [5, 5.41) is 11.3. The van der Waals surface area contributed by atoms with Crippen LogP contribution in [0.15, 0.2) is 0 Å². The van der Waals surface area contributed by atoms with Crippen LogP contribution in [0.3, 0.4) is 0 Å². The fourth-order valence-corrected chi connectivity index (χ4v) is 0.835. The van der Waals surface area contributed by atoms with E-state index in [1.165, 1.54) is 0 Å². The molecule has 1 N–H and O–H groups in total. The van der Waals surface area contributed by atoms with Gasteiger partial charge in [0.1, 0.15) is 0 Å². The van der Waals surface area contributed by atoms with Crippen LogP contribution in [0.4, 0.5) is 0 Å². The molecule has 0 aromatic rings. The predicted octanol–water partition coefficient (Wildman–Crippen LogP) is 0.934. The topological polar surface area (TPSA) is 47.9 Å². The molecular formula is C5H10O4. The Hall–Kier alpha value is -0.160. The van der Waals surface area contributed by atoms with Gasteiger partial charge in [-0.2, -0.15) is 4.89 Å². The molecule has 1 unspecified atom stereocenters. The van der Waals surface area contributed by atoms with E-state index >= 15 is 0 Å². The normalized spacial score (nSPS) is 28.3. The average Bonchev–Trinajstić information content (AvgIpc) is 1.91. The van der Waals surface area contributed by atoms with Gasteiger partial charge in [0.25, 0.3) is 0 Å². The Morgan fingerprint density at radius 2 is 2.33 bits per heavy atom. The zero-order chi connectivity index (χ0) is 6.53. The first-order valence-corrected chi connectivity index (χ1v) is 3.02. The fraction of sp³-hybridized carbons (Fsp3) is 1.00. The lowest BCUT2D eigenvalue weighted by Gasteiger charge is -2.19. The molecule has 1 heterocycles. The van der Waals surface area contributed by atoms with E-state index in [1.807, 2.05) is 0 Å². The van der Waals surface area contributed by atoms with Crippen LogP contribution in [-0.4, -0.2) is 18.2 Å². The van der Waals surface area contributed by atoms with E-state index in [1.54, 1.807) is 0 Å². The lowest BCUT2D eigenvalue weighted by Crippen LogP contribution is -2.21. The van der Waals surface area contributed by atoms with Crippen molar-refractivity contribution >= 4 is 0 Å². The van der Waals surface area contributed by atoms with E-state index in [0.29, 0.717) is 6.61 Å². The van der Waals surface area contributed by atoms with Gasteiger partial charge < -0.3 is 4.74 Å². The Balaban J connectivity index is 2.08. The molecule has 0 amide bonds. The van der Waals surface area contributed by atoms with Gasteiger partial charge in [0.15, 0.2) is 6.29 Å². The summed E-state index contributed by atoms with van der Waals surface area (Å²) in [5.41, 5.74) is 0. The van der Waals surface area contributed by atoms with Gasteiger partial charge in [-0.3, -0.25) is 0 Å². The van der Waals surface area contributed by atoms with E-state index in [2.05, 4.69) is 9.93 Å². The molecule has 1 aliphatic rings. The summed E-state index contributed by atoms with van der Waals surface area (Å²) in [6, 6.07) is 0. The second-order valence-electron chi connectivity index (χ2n) is 1.97. The van der Waals surface area contributed by atoms with Crippen molar-refractivity contribution in [2.24, 2.45) is 0 Å². The molecule has 1 aliphatic heterocycles. The quantitative estimate of drug-likeness (QED) is 0.451. The van der Waals surface area contributed by atoms with E-state index in [4.69, 9.17) is 9.99 Å². The van der Waals surface area contributed by atoms with Gasteiger partial charge in [-0.05, 0) is 12.8 Å². The maximum atomic E-state index is 7.82. The lowest BCUT2D eigenvalue weighted by molar-refractivity contribution is -0.532. The highest BCUT2D eigenvalue weighted by atomic mass is 17.5. The van der Waals surface area contributed by atoms with Gasteiger partial charge in [-0.1, -0.05) is 5.04 Å². The third kappa shape index (κ3) is 2.28. The van der Waals surface area contributed by atoms with Gasteiger partial charge >= 0.3 is 0 Å². The maximum absolute atomic E-state index is 7.82. The molecule has 9 heavy (non-hydrogen) atoms. The first-order chi connectivity index (χ1) is 4.43. The zero-order valence-corrected chi connectivity index (χ0v) is 5.08. The van der Waals surface area contributed by atoms with Crippen LogP contribution in [0, 0.1) is 0 Å². The van der Waals surface area contributed by atoms with Crippen LogP contribution in [-0.2, 0) is 14.7 Å². The van der Waals surface area contributed by atoms with Crippen molar-refractivity contribution in [1.29, 1.82) is 0 Å². The highest BCUT2D eigenvalue weighted by Crippen LogP contribution is 2.12. The Bertz CT molecular complexity index is 66.6. The maximum Gasteiger partial charge on any atom is 0.194 e.